The van der Waals surface area contributed by atoms with Crippen molar-refractivity contribution in [3.63, 3.8) is 0 Å². The molecule has 1 aromatic heterocycles. The van der Waals surface area contributed by atoms with E-state index in [-0.39, 0.29) is 11.5 Å². The summed E-state index contributed by atoms with van der Waals surface area (Å²) < 4.78 is 0.527. The Bertz CT molecular complexity index is 1170. The zero-order valence-electron chi connectivity index (χ0n) is 13.0. The van der Waals surface area contributed by atoms with Gasteiger partial charge in [-0.3, -0.25) is 0 Å². The zero-order chi connectivity index (χ0) is 16.6. The number of rotatable bonds is 0. The van der Waals surface area contributed by atoms with Crippen molar-refractivity contribution < 1.29 is 10.2 Å². The molecule has 3 aromatic carbocycles. The van der Waals surface area contributed by atoms with Gasteiger partial charge < -0.3 is 20.8 Å². The average molecular weight is 337 g/mol. The summed E-state index contributed by atoms with van der Waals surface area (Å²) in [6.07, 6.45) is 0.963. The van der Waals surface area contributed by atoms with Gasteiger partial charge in [-0.1, -0.05) is 29.5 Å². The predicted molar refractivity (Wildman–Crippen MR) is 99.3 cm³/mol. The van der Waals surface area contributed by atoms with Crippen molar-refractivity contribution in [2.45, 2.75) is 6.42 Å². The van der Waals surface area contributed by atoms with Crippen LogP contribution in [0.4, 0.5) is 10.8 Å². The number of nitrogens with two attached hydrogens (primary N) is 1. The fourth-order valence-electron chi connectivity index (χ4n) is 3.80. The van der Waals surface area contributed by atoms with Gasteiger partial charge in [-0.2, -0.15) is 0 Å². The molecule has 2 heterocycles. The summed E-state index contributed by atoms with van der Waals surface area (Å²) in [6.45, 7) is 0.948. The van der Waals surface area contributed by atoms with Gasteiger partial charge in [0, 0.05) is 35.4 Å². The van der Waals surface area contributed by atoms with E-state index >= 15 is 0 Å². The smallest absolute Gasteiger partial charge is 0.181 e. The number of thiazole rings is 1. The summed E-state index contributed by atoms with van der Waals surface area (Å²) >= 11 is 1.19. The molecule has 24 heavy (non-hydrogen) atoms. The highest BCUT2D eigenvalue weighted by atomic mass is 32.1. The standard InChI is InChI=1S/C18H15N3O2S/c1-21-6-5-8-3-2-4-9-12(8)11(21)7-10-13(9)15(22)16(23)17-14(10)20-18(19)24-17/h2-4,7,22-23H,5-6H2,1H3,(H2,19,20). The van der Waals surface area contributed by atoms with Crippen LogP contribution in [0, 0.1) is 0 Å². The molecule has 0 amide bonds. The maximum atomic E-state index is 10.7. The van der Waals surface area contributed by atoms with Gasteiger partial charge in [-0.05, 0) is 23.4 Å². The Balaban J connectivity index is 2.13. The normalized spacial score (nSPS) is 14.1. The van der Waals surface area contributed by atoms with Crippen molar-refractivity contribution in [1.29, 1.82) is 0 Å². The second-order valence-corrected chi connectivity index (χ2v) is 7.29. The van der Waals surface area contributed by atoms with E-state index in [1.807, 2.05) is 12.1 Å². The minimum Gasteiger partial charge on any atom is -0.504 e. The monoisotopic (exact) mass is 337 g/mol. The van der Waals surface area contributed by atoms with Crippen LogP contribution in [0.1, 0.15) is 5.56 Å². The maximum Gasteiger partial charge on any atom is 0.181 e. The molecule has 0 saturated carbocycles. The van der Waals surface area contributed by atoms with Gasteiger partial charge in [0.05, 0.1) is 5.52 Å². The molecule has 5 rings (SSSR count). The lowest BCUT2D eigenvalue weighted by Crippen LogP contribution is -2.24. The minimum atomic E-state index is -0.142. The minimum absolute atomic E-state index is 0.0990. The average Bonchev–Trinajstić information content (AvgIpc) is 2.97. The third kappa shape index (κ3) is 1.56. The number of hydrogen-bond acceptors (Lipinski definition) is 6. The number of aromatic nitrogens is 1. The lowest BCUT2D eigenvalue weighted by atomic mass is 9.91. The molecule has 0 radical (unpaired) electrons. The molecule has 0 unspecified atom stereocenters. The van der Waals surface area contributed by atoms with Crippen LogP contribution >= 0.6 is 11.3 Å². The molecule has 5 nitrogen and oxygen atoms in total. The van der Waals surface area contributed by atoms with E-state index < -0.39 is 0 Å². The van der Waals surface area contributed by atoms with E-state index in [2.05, 4.69) is 29.1 Å². The first-order chi connectivity index (χ1) is 11.6. The first-order valence-electron chi connectivity index (χ1n) is 7.75. The Labute approximate surface area is 141 Å². The Morgan fingerprint density at radius 3 is 2.83 bits per heavy atom. The van der Waals surface area contributed by atoms with E-state index in [9.17, 15) is 10.2 Å². The Morgan fingerprint density at radius 1 is 1.17 bits per heavy atom. The van der Waals surface area contributed by atoms with Gasteiger partial charge in [-0.25, -0.2) is 4.98 Å². The van der Waals surface area contributed by atoms with Crippen LogP contribution in [0.25, 0.3) is 31.8 Å². The number of likely N-dealkylation sites (N-methyl/N-ethyl adjacent to an activating group) is 1. The molecule has 0 saturated heterocycles. The Kier molecular flexibility index (Phi) is 2.52. The highest BCUT2D eigenvalue weighted by Crippen LogP contribution is 2.50. The summed E-state index contributed by atoms with van der Waals surface area (Å²) in [7, 11) is 2.07. The third-order valence-corrected chi connectivity index (χ3v) is 5.82. The molecular formula is C18H15N3O2S. The number of hydrogen-bond donors (Lipinski definition) is 3. The summed E-state index contributed by atoms with van der Waals surface area (Å²) in [5.74, 6) is -0.241. The van der Waals surface area contributed by atoms with Crippen molar-refractivity contribution >= 4 is 53.9 Å². The van der Waals surface area contributed by atoms with Gasteiger partial charge >= 0.3 is 0 Å². The lowest BCUT2D eigenvalue weighted by molar-refractivity contribution is 0.413. The summed E-state index contributed by atoms with van der Waals surface area (Å²) in [4.78, 5) is 6.62. The second-order valence-electron chi connectivity index (χ2n) is 6.26. The molecule has 4 N–H and O–H groups in total. The summed E-state index contributed by atoms with van der Waals surface area (Å²) in [6, 6.07) is 8.18. The molecule has 120 valence electrons. The number of fused-ring (bicyclic) bond motifs is 4. The van der Waals surface area contributed by atoms with Crippen LogP contribution in [0.3, 0.4) is 0 Å². The van der Waals surface area contributed by atoms with Gasteiger partial charge in [0.25, 0.3) is 0 Å². The summed E-state index contributed by atoms with van der Waals surface area (Å²) in [5.41, 5.74) is 8.88. The molecule has 0 aliphatic carbocycles. The van der Waals surface area contributed by atoms with E-state index in [0.29, 0.717) is 20.7 Å². The maximum absolute atomic E-state index is 10.7. The van der Waals surface area contributed by atoms with Crippen LogP contribution in [-0.4, -0.2) is 28.8 Å². The number of phenols is 2. The second kappa shape index (κ2) is 4.42. The van der Waals surface area contributed by atoms with Crippen LogP contribution in [-0.2, 0) is 6.42 Å². The number of anilines is 2. The quantitative estimate of drug-likeness (QED) is 0.337. The molecule has 0 spiro atoms. The first-order valence-corrected chi connectivity index (χ1v) is 8.57. The van der Waals surface area contributed by atoms with Crippen LogP contribution in [0.2, 0.25) is 0 Å². The van der Waals surface area contributed by atoms with Crippen molar-refractivity contribution in [3.05, 3.63) is 29.8 Å². The van der Waals surface area contributed by atoms with Crippen molar-refractivity contribution in [1.82, 2.24) is 4.98 Å². The zero-order valence-corrected chi connectivity index (χ0v) is 13.8. The van der Waals surface area contributed by atoms with Gasteiger partial charge in [0.2, 0.25) is 0 Å². The number of phenolic OH excluding ortho intramolecular Hbond substituents is 2. The molecular weight excluding hydrogens is 322 g/mol. The SMILES string of the molecule is CN1CCc2cccc3c2c1cc1c2nc(N)sc2c(O)c(O)c31. The predicted octanol–water partition coefficient (Wildman–Crippen LogP) is 3.59. The van der Waals surface area contributed by atoms with Gasteiger partial charge in [0.15, 0.2) is 16.6 Å². The topological polar surface area (TPSA) is 82.6 Å². The largest absolute Gasteiger partial charge is 0.504 e. The fourth-order valence-corrected chi connectivity index (χ4v) is 4.59. The lowest BCUT2D eigenvalue weighted by Gasteiger charge is -2.28. The van der Waals surface area contributed by atoms with Crippen molar-refractivity contribution in [3.8, 4) is 11.5 Å². The first kappa shape index (κ1) is 13.7. The molecule has 1 aliphatic rings. The molecule has 0 bridgehead atoms. The summed E-state index contributed by atoms with van der Waals surface area (Å²) in [5, 5.41) is 25.0. The highest BCUT2D eigenvalue weighted by Gasteiger charge is 2.24. The van der Waals surface area contributed by atoms with Gasteiger partial charge in [0.1, 0.15) is 4.70 Å². The third-order valence-electron chi connectivity index (χ3n) is 4.93. The molecule has 1 aliphatic heterocycles. The fraction of sp³-hybridized carbons (Fsp3) is 0.167. The Morgan fingerprint density at radius 2 is 2.00 bits per heavy atom. The van der Waals surface area contributed by atoms with Crippen LogP contribution < -0.4 is 10.6 Å². The number of aromatic hydroxyl groups is 2. The van der Waals surface area contributed by atoms with E-state index in [4.69, 9.17) is 5.73 Å². The molecule has 0 atom stereocenters. The van der Waals surface area contributed by atoms with Crippen LogP contribution in [0.5, 0.6) is 11.5 Å². The molecule has 4 aromatic rings. The molecule has 6 heteroatoms. The Hall–Kier alpha value is -2.73. The molecule has 0 fully saturated rings. The number of nitrogen functional groups attached to an aromatic ring is 1. The number of nitrogens with zero attached hydrogens (tertiary/aromatic N) is 2. The van der Waals surface area contributed by atoms with Crippen molar-refractivity contribution in [2.24, 2.45) is 0 Å². The van der Waals surface area contributed by atoms with E-state index in [1.54, 1.807) is 0 Å². The van der Waals surface area contributed by atoms with Crippen LogP contribution in [0.15, 0.2) is 24.3 Å². The van der Waals surface area contributed by atoms with E-state index in [1.165, 1.54) is 16.9 Å². The van der Waals surface area contributed by atoms with Gasteiger partial charge in [-0.15, -0.1) is 0 Å². The number of benzene rings is 3. The van der Waals surface area contributed by atoms with Crippen molar-refractivity contribution in [2.75, 3.05) is 24.2 Å². The van der Waals surface area contributed by atoms with E-state index in [0.717, 1.165) is 34.8 Å². The highest BCUT2D eigenvalue weighted by molar-refractivity contribution is 7.22.